The van der Waals surface area contributed by atoms with Gasteiger partial charge in [0.25, 0.3) is 0 Å². The summed E-state index contributed by atoms with van der Waals surface area (Å²) in [6, 6.07) is 10.6. The number of hydrogen-bond donors (Lipinski definition) is 0. The summed E-state index contributed by atoms with van der Waals surface area (Å²) in [5, 5.41) is 0. The monoisotopic (exact) mass is 263 g/mol. The van der Waals surface area contributed by atoms with Crippen molar-refractivity contribution in [2.75, 3.05) is 14.1 Å². The summed E-state index contributed by atoms with van der Waals surface area (Å²) in [7, 11) is 3.97. The van der Waals surface area contributed by atoms with Gasteiger partial charge in [-0.25, -0.2) is 8.78 Å². The summed E-state index contributed by atoms with van der Waals surface area (Å²) < 4.78 is 31.5. The Morgan fingerprint density at radius 2 is 1.68 bits per heavy atom. The smallest absolute Gasteiger partial charge is 0.168 e. The van der Waals surface area contributed by atoms with E-state index in [-0.39, 0.29) is 5.75 Å². The molecule has 0 unspecified atom stereocenters. The van der Waals surface area contributed by atoms with Gasteiger partial charge in [-0.3, -0.25) is 0 Å². The van der Waals surface area contributed by atoms with Crippen molar-refractivity contribution >= 4 is 0 Å². The average Bonchev–Trinajstić information content (AvgIpc) is 2.34. The van der Waals surface area contributed by atoms with Gasteiger partial charge < -0.3 is 9.64 Å². The van der Waals surface area contributed by atoms with Gasteiger partial charge in [-0.2, -0.15) is 0 Å². The van der Waals surface area contributed by atoms with Crippen molar-refractivity contribution in [2.45, 2.75) is 6.54 Å². The van der Waals surface area contributed by atoms with E-state index < -0.39 is 11.6 Å². The molecule has 2 aromatic rings. The Bertz CT molecular complexity index is 553. The van der Waals surface area contributed by atoms with E-state index in [9.17, 15) is 8.78 Å². The summed E-state index contributed by atoms with van der Waals surface area (Å²) >= 11 is 0. The highest BCUT2D eigenvalue weighted by Gasteiger charge is 2.06. The minimum Gasteiger partial charge on any atom is -0.454 e. The van der Waals surface area contributed by atoms with E-state index in [0.29, 0.717) is 5.75 Å². The summed E-state index contributed by atoms with van der Waals surface area (Å²) in [6.45, 7) is 0.825. The van der Waals surface area contributed by atoms with Gasteiger partial charge in [0.05, 0.1) is 0 Å². The molecule has 0 N–H and O–H groups in total. The maximum Gasteiger partial charge on any atom is 0.168 e. The van der Waals surface area contributed by atoms with Gasteiger partial charge in [-0.05, 0) is 43.9 Å². The highest BCUT2D eigenvalue weighted by Crippen LogP contribution is 2.25. The molecule has 0 spiro atoms. The first-order chi connectivity index (χ1) is 9.04. The van der Waals surface area contributed by atoms with Crippen LogP contribution in [-0.4, -0.2) is 19.0 Å². The third-order valence-electron chi connectivity index (χ3n) is 2.54. The summed E-state index contributed by atoms with van der Waals surface area (Å²) in [6.07, 6.45) is 0. The maximum atomic E-state index is 13.4. The van der Waals surface area contributed by atoms with Crippen molar-refractivity contribution in [1.82, 2.24) is 4.90 Å². The molecule has 0 fully saturated rings. The van der Waals surface area contributed by atoms with Crippen LogP contribution in [0.15, 0.2) is 42.5 Å². The number of rotatable bonds is 4. The first kappa shape index (κ1) is 13.5. The van der Waals surface area contributed by atoms with Crippen LogP contribution in [0.2, 0.25) is 0 Å². The van der Waals surface area contributed by atoms with Crippen molar-refractivity contribution in [2.24, 2.45) is 0 Å². The highest BCUT2D eigenvalue weighted by molar-refractivity contribution is 5.34. The molecular weight excluding hydrogens is 248 g/mol. The third kappa shape index (κ3) is 3.76. The number of ether oxygens (including phenoxy) is 1. The molecule has 4 heteroatoms. The fraction of sp³-hybridized carbons (Fsp3) is 0.200. The van der Waals surface area contributed by atoms with Gasteiger partial charge >= 0.3 is 0 Å². The van der Waals surface area contributed by atoms with E-state index >= 15 is 0 Å². The quantitative estimate of drug-likeness (QED) is 0.831. The van der Waals surface area contributed by atoms with Gasteiger partial charge in [0.15, 0.2) is 11.6 Å². The molecule has 0 atom stereocenters. The van der Waals surface area contributed by atoms with Crippen molar-refractivity contribution in [1.29, 1.82) is 0 Å². The van der Waals surface area contributed by atoms with E-state index in [1.165, 1.54) is 12.1 Å². The lowest BCUT2D eigenvalue weighted by Crippen LogP contribution is -2.10. The number of nitrogens with zero attached hydrogens (tertiary/aromatic N) is 1. The molecule has 0 heterocycles. The molecule has 100 valence electrons. The van der Waals surface area contributed by atoms with Crippen LogP contribution in [0.25, 0.3) is 0 Å². The molecule has 0 aliphatic heterocycles. The predicted octanol–water partition coefficient (Wildman–Crippen LogP) is 3.82. The molecule has 0 aromatic heterocycles. The molecule has 19 heavy (non-hydrogen) atoms. The SMILES string of the molecule is CN(C)Cc1ccc(Oc2ccc(F)cc2F)cc1. The van der Waals surface area contributed by atoms with Crippen LogP contribution in [0.3, 0.4) is 0 Å². The number of halogens is 2. The van der Waals surface area contributed by atoms with Crippen molar-refractivity contribution < 1.29 is 13.5 Å². The minimum atomic E-state index is -0.711. The van der Waals surface area contributed by atoms with E-state index in [1.807, 2.05) is 26.2 Å². The van der Waals surface area contributed by atoms with Crippen LogP contribution >= 0.6 is 0 Å². The fourth-order valence-corrected chi connectivity index (χ4v) is 1.71. The summed E-state index contributed by atoms with van der Waals surface area (Å²) in [5.41, 5.74) is 1.14. The second kappa shape index (κ2) is 5.80. The van der Waals surface area contributed by atoms with Crippen molar-refractivity contribution in [3.05, 3.63) is 59.7 Å². The Labute approximate surface area is 111 Å². The van der Waals surface area contributed by atoms with E-state index in [4.69, 9.17) is 4.74 Å². The molecule has 0 bridgehead atoms. The Morgan fingerprint density at radius 3 is 2.26 bits per heavy atom. The van der Waals surface area contributed by atoms with Crippen LogP contribution in [0.5, 0.6) is 11.5 Å². The standard InChI is InChI=1S/C15H15F2NO/c1-18(2)10-11-3-6-13(7-4-11)19-15-8-5-12(16)9-14(15)17/h3-9H,10H2,1-2H3. The first-order valence-electron chi connectivity index (χ1n) is 5.91. The van der Waals surface area contributed by atoms with Gasteiger partial charge in [0, 0.05) is 12.6 Å². The van der Waals surface area contributed by atoms with Crippen LogP contribution in [0.1, 0.15) is 5.56 Å². The molecule has 2 nitrogen and oxygen atoms in total. The van der Waals surface area contributed by atoms with E-state index in [1.54, 1.807) is 12.1 Å². The lowest BCUT2D eigenvalue weighted by molar-refractivity contribution is 0.401. The normalized spacial score (nSPS) is 10.8. The summed E-state index contributed by atoms with van der Waals surface area (Å²) in [4.78, 5) is 2.05. The largest absolute Gasteiger partial charge is 0.454 e. The van der Waals surface area contributed by atoms with Crippen LogP contribution in [-0.2, 0) is 6.54 Å². The highest BCUT2D eigenvalue weighted by atomic mass is 19.1. The number of benzene rings is 2. The van der Waals surface area contributed by atoms with Crippen LogP contribution < -0.4 is 4.74 Å². The topological polar surface area (TPSA) is 12.5 Å². The lowest BCUT2D eigenvalue weighted by Gasteiger charge is -2.11. The molecule has 0 saturated heterocycles. The molecule has 0 saturated carbocycles. The van der Waals surface area contributed by atoms with E-state index in [0.717, 1.165) is 18.2 Å². The minimum absolute atomic E-state index is 0.0155. The van der Waals surface area contributed by atoms with Crippen molar-refractivity contribution in [3.8, 4) is 11.5 Å². The molecule has 0 aliphatic rings. The van der Waals surface area contributed by atoms with Crippen LogP contribution in [0, 0.1) is 11.6 Å². The van der Waals surface area contributed by atoms with E-state index in [2.05, 4.69) is 4.90 Å². The zero-order valence-corrected chi connectivity index (χ0v) is 10.9. The Balaban J connectivity index is 2.10. The number of hydrogen-bond acceptors (Lipinski definition) is 2. The van der Waals surface area contributed by atoms with Gasteiger partial charge in [-0.1, -0.05) is 12.1 Å². The van der Waals surface area contributed by atoms with Crippen LogP contribution in [0.4, 0.5) is 8.78 Å². The average molecular weight is 263 g/mol. The van der Waals surface area contributed by atoms with Gasteiger partial charge in [0.2, 0.25) is 0 Å². The zero-order valence-electron chi connectivity index (χ0n) is 10.9. The molecule has 0 amide bonds. The van der Waals surface area contributed by atoms with Gasteiger partial charge in [0.1, 0.15) is 11.6 Å². The summed E-state index contributed by atoms with van der Waals surface area (Å²) in [5.74, 6) is -0.793. The Morgan fingerprint density at radius 1 is 1.00 bits per heavy atom. The zero-order chi connectivity index (χ0) is 13.8. The first-order valence-corrected chi connectivity index (χ1v) is 5.91. The molecular formula is C15H15F2NO. The predicted molar refractivity (Wildman–Crippen MR) is 70.3 cm³/mol. The molecule has 2 rings (SSSR count). The maximum absolute atomic E-state index is 13.4. The lowest BCUT2D eigenvalue weighted by atomic mass is 10.2. The molecule has 2 aromatic carbocycles. The molecule has 0 aliphatic carbocycles. The second-order valence-corrected chi connectivity index (χ2v) is 4.56. The fourth-order valence-electron chi connectivity index (χ4n) is 1.71. The molecule has 0 radical (unpaired) electrons. The Kier molecular flexibility index (Phi) is 4.12. The van der Waals surface area contributed by atoms with Crippen molar-refractivity contribution in [3.63, 3.8) is 0 Å². The van der Waals surface area contributed by atoms with Gasteiger partial charge in [-0.15, -0.1) is 0 Å². The second-order valence-electron chi connectivity index (χ2n) is 4.56. The Hall–Kier alpha value is -1.94. The third-order valence-corrected chi connectivity index (χ3v) is 2.54.